The van der Waals surface area contributed by atoms with E-state index in [1.165, 1.54) is 6.07 Å². The number of rotatable bonds is 4. The highest BCUT2D eigenvalue weighted by Gasteiger charge is 2.30. The summed E-state index contributed by atoms with van der Waals surface area (Å²) in [4.78, 5) is 16.1. The fourth-order valence-electron chi connectivity index (χ4n) is 2.93. The fourth-order valence-corrected chi connectivity index (χ4v) is 3.31. The van der Waals surface area contributed by atoms with Crippen molar-refractivity contribution in [3.63, 3.8) is 0 Å². The van der Waals surface area contributed by atoms with Gasteiger partial charge in [-0.25, -0.2) is 0 Å². The number of aromatic amines is 1. The first-order valence-electron chi connectivity index (χ1n) is 8.02. The van der Waals surface area contributed by atoms with Crippen molar-refractivity contribution in [2.24, 2.45) is 0 Å². The lowest BCUT2D eigenvalue weighted by Crippen LogP contribution is -2.03. The largest absolute Gasteiger partial charge is 0.507 e. The lowest BCUT2D eigenvalue weighted by molar-refractivity contribution is 0.103. The summed E-state index contributed by atoms with van der Waals surface area (Å²) >= 11 is 3.24. The molecule has 2 N–H and O–H groups in total. The van der Waals surface area contributed by atoms with Crippen LogP contribution in [-0.4, -0.2) is 26.1 Å². The second kappa shape index (κ2) is 5.84. The third-order valence-electron chi connectivity index (χ3n) is 4.46. The van der Waals surface area contributed by atoms with Crippen LogP contribution in [0.4, 0.5) is 0 Å². The van der Waals surface area contributed by atoms with Gasteiger partial charge in [0.05, 0.1) is 4.47 Å². The normalized spacial score (nSPS) is 14.0. The van der Waals surface area contributed by atoms with Gasteiger partial charge in [-0.1, -0.05) is 0 Å². The van der Waals surface area contributed by atoms with Crippen LogP contribution in [0, 0.1) is 13.8 Å². The summed E-state index contributed by atoms with van der Waals surface area (Å²) in [5.41, 5.74) is 3.27. The summed E-state index contributed by atoms with van der Waals surface area (Å²) in [6.07, 6.45) is 2.17. The Kier molecular flexibility index (Phi) is 3.76. The number of hydrogen-bond acceptors (Lipinski definition) is 5. The number of aromatic hydroxyl groups is 1. The zero-order chi connectivity index (χ0) is 17.7. The summed E-state index contributed by atoms with van der Waals surface area (Å²) < 4.78 is 6.24. The van der Waals surface area contributed by atoms with E-state index in [9.17, 15) is 9.90 Å². The van der Waals surface area contributed by atoms with E-state index in [0.29, 0.717) is 39.0 Å². The van der Waals surface area contributed by atoms with E-state index in [1.54, 1.807) is 12.1 Å². The molecule has 2 aromatic heterocycles. The van der Waals surface area contributed by atoms with Crippen LogP contribution in [0.5, 0.6) is 5.75 Å². The molecule has 25 heavy (non-hydrogen) atoms. The fraction of sp³-hybridized carbons (Fsp3) is 0.278. The molecule has 3 aromatic rings. The molecule has 128 valence electrons. The molecular weight excluding hydrogens is 386 g/mol. The number of ketones is 1. The Balaban J connectivity index is 1.73. The topological polar surface area (TPSA) is 92.0 Å². The average molecular weight is 402 g/mol. The second-order valence-corrected chi connectivity index (χ2v) is 7.19. The van der Waals surface area contributed by atoms with E-state index in [2.05, 4.69) is 31.1 Å². The first kappa shape index (κ1) is 16.1. The maximum Gasteiger partial charge on any atom is 0.264 e. The molecule has 1 aliphatic carbocycles. The average Bonchev–Trinajstić information content (AvgIpc) is 3.24. The number of nitrogens with one attached hydrogen (secondary N) is 1. The number of aryl methyl sites for hydroxylation is 1. The molecule has 4 rings (SSSR count). The molecular formula is C18H16BrN3O3. The summed E-state index contributed by atoms with van der Waals surface area (Å²) in [6, 6.07) is 4.71. The van der Waals surface area contributed by atoms with E-state index in [4.69, 9.17) is 4.42 Å². The number of aromatic nitrogens is 3. The predicted octanol–water partition coefficient (Wildman–Crippen LogP) is 4.26. The molecule has 0 atom stereocenters. The van der Waals surface area contributed by atoms with E-state index in [1.807, 2.05) is 13.8 Å². The second-order valence-electron chi connectivity index (χ2n) is 6.34. The Morgan fingerprint density at radius 2 is 2.08 bits per heavy atom. The standard InChI is InChI=1S/C18H16BrN3O3/c1-8-14(16(24)11-5-6-13(23)12(19)7-11)9(2)20-15(8)18-22-21-17(25-18)10-3-4-10/h5-7,10,20,23H,3-4H2,1-2H3. The molecule has 1 aromatic carbocycles. The lowest BCUT2D eigenvalue weighted by Gasteiger charge is -2.04. The Bertz CT molecular complexity index is 986. The van der Waals surface area contributed by atoms with Crippen LogP contribution in [0.1, 0.15) is 51.8 Å². The van der Waals surface area contributed by atoms with Crippen LogP contribution in [0.3, 0.4) is 0 Å². The number of phenols is 1. The Labute approximate surface area is 152 Å². The Morgan fingerprint density at radius 1 is 1.32 bits per heavy atom. The summed E-state index contributed by atoms with van der Waals surface area (Å²) in [5, 5.41) is 17.8. The van der Waals surface area contributed by atoms with Gasteiger partial charge in [0.1, 0.15) is 11.4 Å². The van der Waals surface area contributed by atoms with Crippen molar-refractivity contribution in [1.29, 1.82) is 0 Å². The number of benzene rings is 1. The highest BCUT2D eigenvalue weighted by molar-refractivity contribution is 9.10. The van der Waals surface area contributed by atoms with Gasteiger partial charge in [-0.3, -0.25) is 4.79 Å². The molecule has 0 unspecified atom stereocenters. The Hall–Kier alpha value is -2.41. The zero-order valence-electron chi connectivity index (χ0n) is 13.8. The molecule has 1 aliphatic rings. The van der Waals surface area contributed by atoms with Crippen LogP contribution in [0.2, 0.25) is 0 Å². The third-order valence-corrected chi connectivity index (χ3v) is 5.09. The van der Waals surface area contributed by atoms with Crippen molar-refractivity contribution >= 4 is 21.7 Å². The van der Waals surface area contributed by atoms with Crippen molar-refractivity contribution < 1.29 is 14.3 Å². The molecule has 0 radical (unpaired) electrons. The SMILES string of the molecule is Cc1[nH]c(-c2nnc(C3CC3)o2)c(C)c1C(=O)c1ccc(O)c(Br)c1. The van der Waals surface area contributed by atoms with Crippen LogP contribution >= 0.6 is 15.9 Å². The minimum absolute atomic E-state index is 0.0956. The molecule has 0 bridgehead atoms. The molecule has 7 heteroatoms. The molecule has 1 saturated carbocycles. The van der Waals surface area contributed by atoms with Crippen molar-refractivity contribution in [3.8, 4) is 17.3 Å². The van der Waals surface area contributed by atoms with Gasteiger partial charge < -0.3 is 14.5 Å². The third kappa shape index (κ3) is 2.78. The number of halogens is 1. The number of H-pyrrole nitrogens is 1. The monoisotopic (exact) mass is 401 g/mol. The number of hydrogen-bond donors (Lipinski definition) is 2. The summed E-state index contributed by atoms with van der Waals surface area (Å²) in [6.45, 7) is 3.71. The van der Waals surface area contributed by atoms with Crippen molar-refractivity contribution in [2.75, 3.05) is 0 Å². The van der Waals surface area contributed by atoms with Gasteiger partial charge >= 0.3 is 0 Å². The van der Waals surface area contributed by atoms with Gasteiger partial charge in [0.15, 0.2) is 5.78 Å². The minimum Gasteiger partial charge on any atom is -0.507 e. The van der Waals surface area contributed by atoms with Crippen molar-refractivity contribution in [1.82, 2.24) is 15.2 Å². The molecule has 1 fully saturated rings. The number of phenolic OH excluding ortho intramolecular Hbond substituents is 1. The van der Waals surface area contributed by atoms with Crippen molar-refractivity contribution in [2.45, 2.75) is 32.6 Å². The first-order valence-corrected chi connectivity index (χ1v) is 8.81. The molecule has 0 amide bonds. The quantitative estimate of drug-likeness (QED) is 0.637. The predicted molar refractivity (Wildman–Crippen MR) is 94.8 cm³/mol. The highest BCUT2D eigenvalue weighted by Crippen LogP contribution is 2.40. The molecule has 2 heterocycles. The summed E-state index contributed by atoms with van der Waals surface area (Å²) in [5.74, 6) is 1.43. The van der Waals surface area contributed by atoms with Gasteiger partial charge in [0.25, 0.3) is 5.89 Å². The smallest absolute Gasteiger partial charge is 0.264 e. The highest BCUT2D eigenvalue weighted by atomic mass is 79.9. The van der Waals surface area contributed by atoms with Gasteiger partial charge in [-0.15, -0.1) is 10.2 Å². The molecule has 0 spiro atoms. The molecule has 6 nitrogen and oxygen atoms in total. The Morgan fingerprint density at radius 3 is 2.76 bits per heavy atom. The zero-order valence-corrected chi connectivity index (χ0v) is 15.3. The van der Waals surface area contributed by atoms with E-state index in [0.717, 1.165) is 24.1 Å². The van der Waals surface area contributed by atoms with Gasteiger partial charge in [-0.05, 0) is 66.4 Å². The van der Waals surface area contributed by atoms with Gasteiger partial charge in [-0.2, -0.15) is 0 Å². The molecule has 0 aliphatic heterocycles. The van der Waals surface area contributed by atoms with E-state index in [-0.39, 0.29) is 11.5 Å². The maximum absolute atomic E-state index is 12.9. The van der Waals surface area contributed by atoms with Gasteiger partial charge in [0.2, 0.25) is 5.89 Å². The minimum atomic E-state index is -0.125. The van der Waals surface area contributed by atoms with Crippen LogP contribution < -0.4 is 0 Å². The van der Waals surface area contributed by atoms with Crippen LogP contribution in [-0.2, 0) is 0 Å². The van der Waals surface area contributed by atoms with E-state index < -0.39 is 0 Å². The maximum atomic E-state index is 12.9. The van der Waals surface area contributed by atoms with Crippen LogP contribution in [0.15, 0.2) is 27.1 Å². The first-order chi connectivity index (χ1) is 12.0. The number of carbonyl (C=O) groups is 1. The number of nitrogens with zero attached hydrogens (tertiary/aromatic N) is 2. The van der Waals surface area contributed by atoms with Crippen LogP contribution in [0.25, 0.3) is 11.6 Å². The summed E-state index contributed by atoms with van der Waals surface area (Å²) in [7, 11) is 0. The lowest BCUT2D eigenvalue weighted by atomic mass is 9.99. The van der Waals surface area contributed by atoms with Crippen molar-refractivity contribution in [3.05, 3.63) is 50.9 Å². The van der Waals surface area contributed by atoms with Gasteiger partial charge in [0, 0.05) is 22.7 Å². The molecule has 0 saturated heterocycles. The van der Waals surface area contributed by atoms with E-state index >= 15 is 0 Å². The number of carbonyl (C=O) groups excluding carboxylic acids is 1.